The molecule has 2 atom stereocenters. The molecule has 0 fully saturated rings. The second-order valence-electron chi connectivity index (χ2n) is 5.31. The zero-order valence-corrected chi connectivity index (χ0v) is 10.3. The van der Waals surface area contributed by atoms with Crippen LogP contribution in [0.3, 0.4) is 0 Å². The molecule has 1 aromatic rings. The molecule has 0 aromatic heterocycles. The van der Waals surface area contributed by atoms with E-state index in [0.717, 1.165) is 12.8 Å². The van der Waals surface area contributed by atoms with Gasteiger partial charge in [-0.1, -0.05) is 60.7 Å². The predicted octanol–water partition coefficient (Wildman–Crippen LogP) is 4.64. The standard InChI is InChI=1S/C18H16/c1-2-8-14-13(7-1)15-9-3-4-11-17(15)18-12-6-5-10-16(14)18/h1-8,11-12,15-16H,9-10H2. The van der Waals surface area contributed by atoms with Gasteiger partial charge in [-0.15, -0.1) is 0 Å². The van der Waals surface area contributed by atoms with Gasteiger partial charge in [0, 0.05) is 11.8 Å². The van der Waals surface area contributed by atoms with Gasteiger partial charge in [-0.25, -0.2) is 0 Å². The van der Waals surface area contributed by atoms with Gasteiger partial charge in [0.15, 0.2) is 0 Å². The van der Waals surface area contributed by atoms with E-state index in [2.05, 4.69) is 60.7 Å². The molecule has 88 valence electrons. The minimum atomic E-state index is 0.584. The van der Waals surface area contributed by atoms with Crippen LogP contribution in [0.5, 0.6) is 0 Å². The monoisotopic (exact) mass is 232 g/mol. The first-order chi connectivity index (χ1) is 8.95. The molecule has 3 aliphatic carbocycles. The molecule has 3 aliphatic rings. The Kier molecular flexibility index (Phi) is 2.16. The highest BCUT2D eigenvalue weighted by Gasteiger charge is 2.34. The smallest absolute Gasteiger partial charge is 0.0130 e. The van der Waals surface area contributed by atoms with Crippen LogP contribution in [-0.2, 0) is 0 Å². The van der Waals surface area contributed by atoms with Crippen molar-refractivity contribution in [3.8, 4) is 0 Å². The fraction of sp³-hybridized carbons (Fsp3) is 0.222. The van der Waals surface area contributed by atoms with Gasteiger partial charge in [0.1, 0.15) is 0 Å². The van der Waals surface area contributed by atoms with E-state index < -0.39 is 0 Å². The summed E-state index contributed by atoms with van der Waals surface area (Å²) in [5, 5.41) is 0. The molecule has 0 bridgehead atoms. The molecule has 0 heteroatoms. The van der Waals surface area contributed by atoms with Crippen LogP contribution in [0.4, 0.5) is 0 Å². The Morgan fingerprint density at radius 3 is 1.72 bits per heavy atom. The third-order valence-corrected chi connectivity index (χ3v) is 4.40. The van der Waals surface area contributed by atoms with Crippen LogP contribution in [0.1, 0.15) is 35.8 Å². The SMILES string of the molecule is C1=CCC2C(=C1)C1=CC=CCC1c1ccccc12. The first-order valence-electron chi connectivity index (χ1n) is 6.78. The Morgan fingerprint density at radius 1 is 0.722 bits per heavy atom. The minimum Gasteiger partial charge on any atom is -0.0836 e. The number of fused-ring (bicyclic) bond motifs is 6. The maximum absolute atomic E-state index is 2.32. The van der Waals surface area contributed by atoms with E-state index >= 15 is 0 Å². The largest absolute Gasteiger partial charge is 0.0836 e. The molecule has 0 saturated heterocycles. The van der Waals surface area contributed by atoms with Crippen molar-refractivity contribution >= 4 is 0 Å². The zero-order chi connectivity index (χ0) is 11.9. The van der Waals surface area contributed by atoms with E-state index in [-0.39, 0.29) is 0 Å². The number of hydrogen-bond donors (Lipinski definition) is 0. The van der Waals surface area contributed by atoms with Crippen LogP contribution in [0, 0.1) is 0 Å². The summed E-state index contributed by atoms with van der Waals surface area (Å²) in [5.41, 5.74) is 6.19. The maximum atomic E-state index is 2.32. The van der Waals surface area contributed by atoms with E-state index in [1.54, 1.807) is 22.3 Å². The maximum Gasteiger partial charge on any atom is 0.0130 e. The first kappa shape index (κ1) is 10.1. The lowest BCUT2D eigenvalue weighted by Crippen LogP contribution is -2.21. The van der Waals surface area contributed by atoms with Gasteiger partial charge in [-0.2, -0.15) is 0 Å². The van der Waals surface area contributed by atoms with E-state index in [1.165, 1.54) is 0 Å². The minimum absolute atomic E-state index is 0.584. The summed E-state index contributed by atoms with van der Waals surface area (Å²) < 4.78 is 0. The normalized spacial score (nSPS) is 27.8. The van der Waals surface area contributed by atoms with Gasteiger partial charge in [-0.3, -0.25) is 0 Å². The molecule has 4 rings (SSSR count). The highest BCUT2D eigenvalue weighted by molar-refractivity contribution is 5.59. The Bertz CT molecular complexity index is 556. The molecule has 1 aromatic carbocycles. The Morgan fingerprint density at radius 2 is 1.22 bits per heavy atom. The summed E-state index contributed by atoms with van der Waals surface area (Å²) in [6, 6.07) is 9.01. The fourth-order valence-electron chi connectivity index (χ4n) is 3.59. The van der Waals surface area contributed by atoms with Crippen molar-refractivity contribution in [2.45, 2.75) is 24.7 Å². The highest BCUT2D eigenvalue weighted by atomic mass is 14.4. The number of hydrogen-bond acceptors (Lipinski definition) is 0. The molecule has 0 heterocycles. The molecule has 0 N–H and O–H groups in total. The number of allylic oxidation sites excluding steroid dienone is 8. The van der Waals surface area contributed by atoms with Gasteiger partial charge in [0.2, 0.25) is 0 Å². The van der Waals surface area contributed by atoms with Crippen molar-refractivity contribution in [3.63, 3.8) is 0 Å². The lowest BCUT2D eigenvalue weighted by molar-refractivity contribution is 0.678. The summed E-state index contributed by atoms with van der Waals surface area (Å²) >= 11 is 0. The zero-order valence-electron chi connectivity index (χ0n) is 10.3. The summed E-state index contributed by atoms with van der Waals surface area (Å²) in [6.07, 6.45) is 16.0. The second-order valence-corrected chi connectivity index (χ2v) is 5.31. The first-order valence-corrected chi connectivity index (χ1v) is 6.78. The number of benzene rings is 1. The molecule has 0 aliphatic heterocycles. The van der Waals surface area contributed by atoms with Crippen LogP contribution in [0.15, 0.2) is 71.9 Å². The van der Waals surface area contributed by atoms with Crippen molar-refractivity contribution in [3.05, 3.63) is 83.0 Å². The van der Waals surface area contributed by atoms with Crippen LogP contribution in [0.25, 0.3) is 0 Å². The van der Waals surface area contributed by atoms with Crippen LogP contribution >= 0.6 is 0 Å². The molecule has 2 unspecified atom stereocenters. The van der Waals surface area contributed by atoms with E-state index in [1.807, 2.05) is 0 Å². The molecule has 0 radical (unpaired) electrons. The molecular weight excluding hydrogens is 216 g/mol. The van der Waals surface area contributed by atoms with Crippen LogP contribution in [0.2, 0.25) is 0 Å². The van der Waals surface area contributed by atoms with E-state index in [0.29, 0.717) is 11.8 Å². The van der Waals surface area contributed by atoms with Crippen LogP contribution in [-0.4, -0.2) is 0 Å². The third kappa shape index (κ3) is 1.32. The predicted molar refractivity (Wildman–Crippen MR) is 75.6 cm³/mol. The summed E-state index contributed by atoms with van der Waals surface area (Å²) in [5.74, 6) is 1.17. The Labute approximate surface area is 108 Å². The average molecular weight is 232 g/mol. The third-order valence-electron chi connectivity index (χ3n) is 4.40. The average Bonchev–Trinajstić information content (AvgIpc) is 2.48. The van der Waals surface area contributed by atoms with Crippen molar-refractivity contribution < 1.29 is 0 Å². The molecular formula is C18H16. The highest BCUT2D eigenvalue weighted by Crippen LogP contribution is 2.50. The molecule has 0 amide bonds. The van der Waals surface area contributed by atoms with Gasteiger partial charge in [-0.05, 0) is 35.1 Å². The molecule has 0 nitrogen and oxygen atoms in total. The summed E-state index contributed by atoms with van der Waals surface area (Å²) in [4.78, 5) is 0. The van der Waals surface area contributed by atoms with E-state index in [9.17, 15) is 0 Å². The lowest BCUT2D eigenvalue weighted by atomic mass is 9.66. The Hall–Kier alpha value is -1.82. The van der Waals surface area contributed by atoms with Gasteiger partial charge < -0.3 is 0 Å². The van der Waals surface area contributed by atoms with Crippen molar-refractivity contribution in [1.29, 1.82) is 0 Å². The van der Waals surface area contributed by atoms with Crippen molar-refractivity contribution in [1.82, 2.24) is 0 Å². The van der Waals surface area contributed by atoms with Gasteiger partial charge in [0.05, 0.1) is 0 Å². The molecule has 18 heavy (non-hydrogen) atoms. The van der Waals surface area contributed by atoms with Crippen LogP contribution < -0.4 is 0 Å². The molecule has 0 saturated carbocycles. The Balaban J connectivity index is 1.98. The van der Waals surface area contributed by atoms with Gasteiger partial charge >= 0.3 is 0 Å². The quantitative estimate of drug-likeness (QED) is 0.611. The fourth-order valence-corrected chi connectivity index (χ4v) is 3.59. The van der Waals surface area contributed by atoms with E-state index in [4.69, 9.17) is 0 Å². The molecule has 0 spiro atoms. The topological polar surface area (TPSA) is 0 Å². The van der Waals surface area contributed by atoms with Crippen molar-refractivity contribution in [2.24, 2.45) is 0 Å². The summed E-state index contributed by atoms with van der Waals surface area (Å²) in [7, 11) is 0. The second kappa shape index (κ2) is 3.84. The lowest BCUT2D eigenvalue weighted by Gasteiger charge is -2.38. The van der Waals surface area contributed by atoms with Crippen molar-refractivity contribution in [2.75, 3.05) is 0 Å². The summed E-state index contributed by atoms with van der Waals surface area (Å²) in [6.45, 7) is 0. The number of rotatable bonds is 0. The van der Waals surface area contributed by atoms with Gasteiger partial charge in [0.25, 0.3) is 0 Å².